The number of nitrogens with zero attached hydrogens (tertiary/aromatic N) is 6. The Hall–Kier alpha value is -2.19. The standard InChI is InChI=1S/C11H6N6S2/c1-2-4-7(5-3-1)10-15-17-9(8-6-12-16-19-8)13-14-11(17)18-10/h1-6H. The zero-order valence-corrected chi connectivity index (χ0v) is 11.1. The largest absolute Gasteiger partial charge is 0.235 e. The molecule has 92 valence electrons. The van der Waals surface area contributed by atoms with E-state index in [2.05, 4.69) is 24.9 Å². The Bertz CT molecular complexity index is 818. The normalized spacial score (nSPS) is 11.2. The fourth-order valence-corrected chi connectivity index (χ4v) is 3.06. The van der Waals surface area contributed by atoms with E-state index in [1.54, 1.807) is 10.7 Å². The van der Waals surface area contributed by atoms with Gasteiger partial charge in [0.2, 0.25) is 4.96 Å². The highest BCUT2D eigenvalue weighted by Gasteiger charge is 2.15. The van der Waals surface area contributed by atoms with Crippen LogP contribution in [0.15, 0.2) is 36.5 Å². The molecule has 0 aliphatic rings. The summed E-state index contributed by atoms with van der Waals surface area (Å²) in [7, 11) is 0. The maximum absolute atomic E-state index is 4.56. The molecule has 0 atom stereocenters. The van der Waals surface area contributed by atoms with Crippen LogP contribution in [0.4, 0.5) is 0 Å². The van der Waals surface area contributed by atoms with Crippen LogP contribution in [0.3, 0.4) is 0 Å². The van der Waals surface area contributed by atoms with Crippen molar-refractivity contribution in [2.45, 2.75) is 0 Å². The molecule has 0 aliphatic carbocycles. The van der Waals surface area contributed by atoms with Crippen molar-refractivity contribution < 1.29 is 0 Å². The summed E-state index contributed by atoms with van der Waals surface area (Å²) < 4.78 is 5.57. The molecule has 0 aliphatic heterocycles. The number of benzene rings is 1. The van der Waals surface area contributed by atoms with Crippen LogP contribution in [0.25, 0.3) is 26.2 Å². The number of fused-ring (bicyclic) bond motifs is 1. The van der Waals surface area contributed by atoms with E-state index in [9.17, 15) is 0 Å². The Balaban J connectivity index is 1.89. The third-order valence-corrected chi connectivity index (χ3v) is 4.20. The molecule has 0 amide bonds. The van der Waals surface area contributed by atoms with Crippen molar-refractivity contribution in [1.29, 1.82) is 0 Å². The van der Waals surface area contributed by atoms with Gasteiger partial charge in [-0.25, -0.2) is 0 Å². The molecule has 0 N–H and O–H groups in total. The SMILES string of the molecule is c1ccc(-c2nn3c(-c4cnns4)nnc3s2)cc1. The Labute approximate surface area is 115 Å². The second kappa shape index (κ2) is 4.18. The molecule has 0 fully saturated rings. The van der Waals surface area contributed by atoms with Gasteiger partial charge in [0.05, 0.1) is 6.20 Å². The molecule has 0 saturated heterocycles. The lowest BCUT2D eigenvalue weighted by atomic mass is 10.2. The second-order valence-electron chi connectivity index (χ2n) is 3.77. The van der Waals surface area contributed by atoms with Gasteiger partial charge in [-0.2, -0.15) is 9.61 Å². The van der Waals surface area contributed by atoms with Crippen LogP contribution in [0.1, 0.15) is 0 Å². The first-order chi connectivity index (χ1) is 9.42. The van der Waals surface area contributed by atoms with Crippen LogP contribution >= 0.6 is 22.9 Å². The summed E-state index contributed by atoms with van der Waals surface area (Å²) in [5.74, 6) is 0.684. The third-order valence-electron chi connectivity index (χ3n) is 2.59. The van der Waals surface area contributed by atoms with Crippen LogP contribution in [0.2, 0.25) is 0 Å². The maximum atomic E-state index is 4.56. The zero-order valence-electron chi connectivity index (χ0n) is 9.46. The molecule has 0 bridgehead atoms. The van der Waals surface area contributed by atoms with Gasteiger partial charge in [-0.15, -0.1) is 15.3 Å². The average molecular weight is 286 g/mol. The van der Waals surface area contributed by atoms with Crippen molar-refractivity contribution in [2.75, 3.05) is 0 Å². The smallest absolute Gasteiger partial charge is 0.181 e. The lowest BCUT2D eigenvalue weighted by Gasteiger charge is -1.92. The van der Waals surface area contributed by atoms with E-state index in [0.717, 1.165) is 20.4 Å². The Morgan fingerprint density at radius 3 is 2.74 bits per heavy atom. The van der Waals surface area contributed by atoms with Gasteiger partial charge in [0.15, 0.2) is 5.82 Å². The van der Waals surface area contributed by atoms with Crippen molar-refractivity contribution in [3.63, 3.8) is 0 Å². The van der Waals surface area contributed by atoms with Crippen LogP contribution in [-0.4, -0.2) is 29.4 Å². The minimum absolute atomic E-state index is 0.684. The summed E-state index contributed by atoms with van der Waals surface area (Å²) in [4.78, 5) is 1.62. The number of hydrogen-bond donors (Lipinski definition) is 0. The van der Waals surface area contributed by atoms with Gasteiger partial charge < -0.3 is 0 Å². The highest BCUT2D eigenvalue weighted by Crippen LogP contribution is 2.28. The molecule has 0 radical (unpaired) electrons. The summed E-state index contributed by atoms with van der Waals surface area (Å²) in [6, 6.07) is 10.0. The quantitative estimate of drug-likeness (QED) is 0.566. The molecule has 0 spiro atoms. The molecule has 4 rings (SSSR count). The fourth-order valence-electron chi connectivity index (χ4n) is 1.73. The van der Waals surface area contributed by atoms with Crippen molar-refractivity contribution in [3.8, 4) is 21.3 Å². The lowest BCUT2D eigenvalue weighted by molar-refractivity contribution is 0.973. The molecule has 4 aromatic rings. The molecular formula is C11H6N6S2. The van der Waals surface area contributed by atoms with Gasteiger partial charge in [-0.3, -0.25) is 0 Å². The molecule has 0 saturated carbocycles. The van der Waals surface area contributed by atoms with Crippen molar-refractivity contribution in [1.82, 2.24) is 29.4 Å². The van der Waals surface area contributed by atoms with Crippen LogP contribution < -0.4 is 0 Å². The van der Waals surface area contributed by atoms with E-state index in [0.29, 0.717) is 5.82 Å². The molecular weight excluding hydrogens is 280 g/mol. The molecule has 3 aromatic heterocycles. The number of hydrogen-bond acceptors (Lipinski definition) is 7. The minimum atomic E-state index is 0.684. The van der Waals surface area contributed by atoms with E-state index in [1.165, 1.54) is 22.9 Å². The predicted octanol–water partition coefficient (Wildman–Crippen LogP) is 2.37. The Morgan fingerprint density at radius 1 is 1.05 bits per heavy atom. The summed E-state index contributed by atoms with van der Waals surface area (Å²) in [5.41, 5.74) is 1.08. The molecule has 0 unspecified atom stereocenters. The average Bonchev–Trinajstić information content (AvgIpc) is 3.15. The van der Waals surface area contributed by atoms with Gasteiger partial charge in [-0.05, 0) is 11.5 Å². The van der Waals surface area contributed by atoms with Crippen LogP contribution in [0, 0.1) is 0 Å². The topological polar surface area (TPSA) is 68.9 Å². The summed E-state index contributed by atoms with van der Waals surface area (Å²) >= 11 is 2.79. The van der Waals surface area contributed by atoms with Gasteiger partial charge >= 0.3 is 0 Å². The maximum Gasteiger partial charge on any atom is 0.235 e. The number of aromatic nitrogens is 6. The molecule has 3 heterocycles. The van der Waals surface area contributed by atoms with Gasteiger partial charge in [0.25, 0.3) is 0 Å². The highest BCUT2D eigenvalue weighted by molar-refractivity contribution is 7.19. The van der Waals surface area contributed by atoms with Crippen LogP contribution in [0.5, 0.6) is 0 Å². The van der Waals surface area contributed by atoms with Crippen molar-refractivity contribution in [3.05, 3.63) is 36.5 Å². The number of rotatable bonds is 2. The lowest BCUT2D eigenvalue weighted by Crippen LogP contribution is -1.88. The first-order valence-electron chi connectivity index (χ1n) is 5.47. The summed E-state index contributed by atoms with van der Waals surface area (Å²) in [6.07, 6.45) is 1.67. The van der Waals surface area contributed by atoms with Gasteiger partial charge in [-0.1, -0.05) is 46.2 Å². The van der Waals surface area contributed by atoms with E-state index < -0.39 is 0 Å². The monoisotopic (exact) mass is 286 g/mol. The molecule has 19 heavy (non-hydrogen) atoms. The first-order valence-corrected chi connectivity index (χ1v) is 7.06. The Kier molecular flexibility index (Phi) is 2.35. The van der Waals surface area contributed by atoms with Gasteiger partial charge in [0.1, 0.15) is 9.88 Å². The van der Waals surface area contributed by atoms with E-state index in [4.69, 9.17) is 0 Å². The van der Waals surface area contributed by atoms with Crippen molar-refractivity contribution >= 4 is 27.8 Å². The van der Waals surface area contributed by atoms with Gasteiger partial charge in [0, 0.05) is 5.56 Å². The fraction of sp³-hybridized carbons (Fsp3) is 0. The molecule has 8 heteroatoms. The predicted molar refractivity (Wildman–Crippen MR) is 73.0 cm³/mol. The minimum Gasteiger partial charge on any atom is -0.181 e. The third kappa shape index (κ3) is 1.72. The second-order valence-corrected chi connectivity index (χ2v) is 5.51. The summed E-state index contributed by atoms with van der Waals surface area (Å²) in [6.45, 7) is 0. The Morgan fingerprint density at radius 2 is 1.95 bits per heavy atom. The van der Waals surface area contributed by atoms with Crippen molar-refractivity contribution in [2.24, 2.45) is 0 Å². The molecule has 6 nitrogen and oxygen atoms in total. The van der Waals surface area contributed by atoms with E-state index in [1.807, 2.05) is 30.3 Å². The summed E-state index contributed by atoms with van der Waals surface area (Å²) in [5, 5.41) is 17.6. The first kappa shape index (κ1) is 10.7. The van der Waals surface area contributed by atoms with Crippen LogP contribution in [-0.2, 0) is 0 Å². The van der Waals surface area contributed by atoms with E-state index >= 15 is 0 Å². The van der Waals surface area contributed by atoms with E-state index in [-0.39, 0.29) is 0 Å². The highest BCUT2D eigenvalue weighted by atomic mass is 32.1. The molecule has 1 aromatic carbocycles. The zero-order chi connectivity index (χ0) is 12.7.